The van der Waals surface area contributed by atoms with E-state index in [1.807, 2.05) is 20.8 Å². The van der Waals surface area contributed by atoms with Crippen molar-refractivity contribution in [1.29, 1.82) is 0 Å². The van der Waals surface area contributed by atoms with Crippen molar-refractivity contribution >= 4 is 11.9 Å². The van der Waals surface area contributed by atoms with Crippen molar-refractivity contribution in [1.82, 2.24) is 0 Å². The Kier molecular flexibility index (Phi) is 6.08. The van der Waals surface area contributed by atoms with Gasteiger partial charge in [-0.05, 0) is 26.2 Å². The van der Waals surface area contributed by atoms with E-state index >= 15 is 0 Å². The van der Waals surface area contributed by atoms with E-state index in [2.05, 4.69) is 0 Å². The normalized spacial score (nSPS) is 11.4. The summed E-state index contributed by atoms with van der Waals surface area (Å²) in [4.78, 5) is 22.7. The molecule has 4 heteroatoms. The molecule has 0 atom stereocenters. The molecule has 0 aromatic carbocycles. The minimum atomic E-state index is -0.543. The van der Waals surface area contributed by atoms with E-state index in [-0.39, 0.29) is 18.5 Å². The van der Waals surface area contributed by atoms with Crippen LogP contribution in [0.1, 0.15) is 41.0 Å². The minimum absolute atomic E-state index is 0.284. The zero-order valence-corrected chi connectivity index (χ0v) is 10.8. The lowest BCUT2D eigenvalue weighted by atomic mass is 9.91. The van der Waals surface area contributed by atoms with Crippen LogP contribution in [0.2, 0.25) is 0 Å². The predicted octanol–water partition coefficient (Wildman–Crippen LogP) is 2.17. The third-order valence-corrected chi connectivity index (χ3v) is 2.34. The maximum absolute atomic E-state index is 11.5. The molecule has 0 heterocycles. The van der Waals surface area contributed by atoms with Gasteiger partial charge >= 0.3 is 11.9 Å². The van der Waals surface area contributed by atoms with Gasteiger partial charge in [-0.3, -0.25) is 4.79 Å². The van der Waals surface area contributed by atoms with Crippen LogP contribution in [0.25, 0.3) is 0 Å². The van der Waals surface area contributed by atoms with Crippen LogP contribution >= 0.6 is 0 Å². The summed E-state index contributed by atoms with van der Waals surface area (Å²) < 4.78 is 9.76. The molecule has 0 fully saturated rings. The third kappa shape index (κ3) is 5.73. The molecule has 0 unspecified atom stereocenters. The van der Waals surface area contributed by atoms with Gasteiger partial charge in [0.15, 0.2) is 6.61 Å². The monoisotopic (exact) mass is 230 g/mol. The molecule has 0 aromatic heterocycles. The number of ether oxygens (including phenoxy) is 2. The van der Waals surface area contributed by atoms with Crippen LogP contribution in [0, 0.1) is 11.3 Å². The van der Waals surface area contributed by atoms with Gasteiger partial charge in [0, 0.05) is 0 Å². The lowest BCUT2D eigenvalue weighted by Gasteiger charge is -2.19. The molecule has 0 radical (unpaired) electrons. The third-order valence-electron chi connectivity index (χ3n) is 2.34. The van der Waals surface area contributed by atoms with Gasteiger partial charge in [-0.25, -0.2) is 4.79 Å². The first kappa shape index (κ1) is 14.9. The number of hydrogen-bond donors (Lipinski definition) is 0. The highest BCUT2D eigenvalue weighted by Gasteiger charge is 2.27. The minimum Gasteiger partial charge on any atom is -0.463 e. The van der Waals surface area contributed by atoms with E-state index in [9.17, 15) is 9.59 Å². The lowest BCUT2D eigenvalue weighted by Crippen LogP contribution is -2.28. The maximum Gasteiger partial charge on any atom is 0.344 e. The predicted molar refractivity (Wildman–Crippen MR) is 60.8 cm³/mol. The average Bonchev–Trinajstić information content (AvgIpc) is 2.22. The van der Waals surface area contributed by atoms with Crippen molar-refractivity contribution in [3.8, 4) is 0 Å². The highest BCUT2D eigenvalue weighted by atomic mass is 16.6. The Balaban J connectivity index is 3.89. The molecular formula is C12H22O4. The molecule has 0 rings (SSSR count). The Labute approximate surface area is 97.3 Å². The molecule has 94 valence electrons. The van der Waals surface area contributed by atoms with Gasteiger partial charge in [0.2, 0.25) is 0 Å². The van der Waals surface area contributed by atoms with E-state index in [1.54, 1.807) is 13.8 Å². The summed E-state index contributed by atoms with van der Waals surface area (Å²) in [6, 6.07) is 0. The maximum atomic E-state index is 11.5. The molecule has 0 aliphatic heterocycles. The smallest absolute Gasteiger partial charge is 0.344 e. The molecule has 0 saturated carbocycles. The molecule has 0 saturated heterocycles. The van der Waals surface area contributed by atoms with Crippen molar-refractivity contribution in [3.05, 3.63) is 0 Å². The summed E-state index contributed by atoms with van der Waals surface area (Å²) in [5.74, 6) is -0.572. The summed E-state index contributed by atoms with van der Waals surface area (Å²) in [5.41, 5.74) is -0.543. The van der Waals surface area contributed by atoms with Gasteiger partial charge in [-0.2, -0.15) is 0 Å². The second-order valence-corrected chi connectivity index (χ2v) is 4.89. The van der Waals surface area contributed by atoms with Crippen molar-refractivity contribution < 1.29 is 19.1 Å². The number of carbonyl (C=O) groups is 2. The van der Waals surface area contributed by atoms with Crippen LogP contribution in [-0.2, 0) is 19.1 Å². The van der Waals surface area contributed by atoms with Gasteiger partial charge < -0.3 is 9.47 Å². The van der Waals surface area contributed by atoms with Crippen LogP contribution in [0.15, 0.2) is 0 Å². The molecule has 0 aliphatic rings. The number of rotatable bonds is 6. The van der Waals surface area contributed by atoms with Gasteiger partial charge in [-0.15, -0.1) is 0 Å². The van der Waals surface area contributed by atoms with Crippen LogP contribution in [0.3, 0.4) is 0 Å². The summed E-state index contributed by atoms with van der Waals surface area (Å²) in [6.45, 7) is 9.42. The molecule has 0 aromatic rings. The second-order valence-electron chi connectivity index (χ2n) is 4.89. The van der Waals surface area contributed by atoms with Crippen molar-refractivity contribution in [2.24, 2.45) is 11.3 Å². The molecule has 0 amide bonds. The fraction of sp³-hybridized carbons (Fsp3) is 0.833. The number of hydrogen-bond acceptors (Lipinski definition) is 4. The fourth-order valence-corrected chi connectivity index (χ4v) is 0.765. The molecule has 0 aliphatic carbocycles. The molecule has 0 bridgehead atoms. The Morgan fingerprint density at radius 3 is 2.19 bits per heavy atom. The average molecular weight is 230 g/mol. The topological polar surface area (TPSA) is 52.6 Å². The number of esters is 2. The van der Waals surface area contributed by atoms with E-state index < -0.39 is 11.4 Å². The van der Waals surface area contributed by atoms with Gasteiger partial charge in [-0.1, -0.05) is 20.8 Å². The van der Waals surface area contributed by atoms with E-state index in [0.29, 0.717) is 13.0 Å². The van der Waals surface area contributed by atoms with E-state index in [0.717, 1.165) is 0 Å². The lowest BCUT2D eigenvalue weighted by molar-refractivity contribution is -0.165. The summed E-state index contributed by atoms with van der Waals surface area (Å²) >= 11 is 0. The van der Waals surface area contributed by atoms with Gasteiger partial charge in [0.1, 0.15) is 0 Å². The first-order valence-electron chi connectivity index (χ1n) is 5.62. The van der Waals surface area contributed by atoms with Gasteiger partial charge in [0.05, 0.1) is 12.0 Å². The number of carbonyl (C=O) groups excluding carboxylic acids is 2. The second kappa shape index (κ2) is 6.51. The Morgan fingerprint density at radius 1 is 1.19 bits per heavy atom. The van der Waals surface area contributed by atoms with Gasteiger partial charge in [0.25, 0.3) is 0 Å². The molecule has 16 heavy (non-hydrogen) atoms. The Morgan fingerprint density at radius 2 is 1.75 bits per heavy atom. The molecule has 4 nitrogen and oxygen atoms in total. The van der Waals surface area contributed by atoms with Crippen molar-refractivity contribution in [2.75, 3.05) is 13.2 Å². The summed E-state index contributed by atoms with van der Waals surface area (Å²) in [6.07, 6.45) is 0.673. The first-order chi connectivity index (χ1) is 7.29. The van der Waals surface area contributed by atoms with Crippen LogP contribution in [0.5, 0.6) is 0 Å². The van der Waals surface area contributed by atoms with Crippen molar-refractivity contribution in [2.45, 2.75) is 41.0 Å². The molecule has 0 N–H and O–H groups in total. The summed E-state index contributed by atoms with van der Waals surface area (Å²) in [5, 5.41) is 0. The van der Waals surface area contributed by atoms with Crippen LogP contribution in [0.4, 0.5) is 0 Å². The van der Waals surface area contributed by atoms with Crippen LogP contribution < -0.4 is 0 Å². The zero-order valence-electron chi connectivity index (χ0n) is 10.8. The van der Waals surface area contributed by atoms with Crippen LogP contribution in [-0.4, -0.2) is 25.2 Å². The Bertz CT molecular complexity index is 243. The van der Waals surface area contributed by atoms with E-state index in [1.165, 1.54) is 0 Å². The standard InChI is InChI=1S/C12H22O4/c1-6-12(4,5)11(14)16-8-10(13)15-7-9(2)3/h9H,6-8H2,1-5H3. The highest BCUT2D eigenvalue weighted by molar-refractivity contribution is 5.79. The van der Waals surface area contributed by atoms with E-state index in [4.69, 9.17) is 9.47 Å². The SMILES string of the molecule is CCC(C)(C)C(=O)OCC(=O)OCC(C)C. The molecule has 0 spiro atoms. The first-order valence-corrected chi connectivity index (χ1v) is 5.62. The van der Waals surface area contributed by atoms with Crippen molar-refractivity contribution in [3.63, 3.8) is 0 Å². The fourth-order valence-electron chi connectivity index (χ4n) is 0.765. The highest BCUT2D eigenvalue weighted by Crippen LogP contribution is 2.21. The molecular weight excluding hydrogens is 208 g/mol. The largest absolute Gasteiger partial charge is 0.463 e. The summed E-state index contributed by atoms with van der Waals surface area (Å²) in [7, 11) is 0. The zero-order chi connectivity index (χ0) is 12.8. The quantitative estimate of drug-likeness (QED) is 0.656. The Hall–Kier alpha value is -1.06.